The normalized spacial score (nSPS) is 45.9. The van der Waals surface area contributed by atoms with Gasteiger partial charge in [0.25, 0.3) is 0 Å². The zero-order chi connectivity index (χ0) is 19.6. The Labute approximate surface area is 161 Å². The number of fused-ring (bicyclic) bond motifs is 5. The number of phosphoric acid groups is 1. The predicted octanol–water partition coefficient (Wildman–Crippen LogP) is 4.55. The molecule has 3 saturated carbocycles. The van der Waals surface area contributed by atoms with Gasteiger partial charge in [-0.1, -0.05) is 25.5 Å². The maximum atomic E-state index is 11.9. The first kappa shape index (κ1) is 19.6. The maximum Gasteiger partial charge on any atom is 0.470 e. The number of carbonyl (C=O) groups is 1. The fraction of sp³-hybridized carbons (Fsp3) is 0.762. The number of ketones is 1. The second kappa shape index (κ2) is 6.38. The molecule has 5 nitrogen and oxygen atoms in total. The summed E-state index contributed by atoms with van der Waals surface area (Å²) in [4.78, 5) is 30.7. The molecule has 4 rings (SSSR count). The minimum absolute atomic E-state index is 0.0438. The molecule has 4 aliphatic carbocycles. The Morgan fingerprint density at radius 3 is 2.56 bits per heavy atom. The second-order valence-electron chi connectivity index (χ2n) is 9.49. The van der Waals surface area contributed by atoms with Gasteiger partial charge in [-0.3, -0.25) is 9.32 Å². The quantitative estimate of drug-likeness (QED) is 0.530. The molecule has 0 bridgehead atoms. The molecule has 0 aliphatic heterocycles. The molecule has 0 saturated heterocycles. The average Bonchev–Trinajstić information content (AvgIpc) is 2.84. The first-order valence-electron chi connectivity index (χ1n) is 10.2. The third kappa shape index (κ3) is 3.02. The molecule has 150 valence electrons. The van der Waals surface area contributed by atoms with E-state index < -0.39 is 13.9 Å². The van der Waals surface area contributed by atoms with Gasteiger partial charge < -0.3 is 9.79 Å². The number of hydrogen-bond donors (Lipinski definition) is 2. The number of rotatable bonds is 2. The van der Waals surface area contributed by atoms with Crippen molar-refractivity contribution in [2.45, 2.75) is 71.8 Å². The van der Waals surface area contributed by atoms with Crippen LogP contribution in [0.5, 0.6) is 0 Å². The second-order valence-corrected chi connectivity index (χ2v) is 10.7. The van der Waals surface area contributed by atoms with Crippen LogP contribution in [0.25, 0.3) is 0 Å². The topological polar surface area (TPSA) is 83.8 Å². The molecule has 0 spiro atoms. The number of phosphoric ester groups is 1. The molecule has 2 N–H and O–H groups in total. The van der Waals surface area contributed by atoms with Gasteiger partial charge in [0.2, 0.25) is 0 Å². The third-order valence-corrected chi connectivity index (χ3v) is 8.93. The molecule has 27 heavy (non-hydrogen) atoms. The Balaban J connectivity index is 1.67. The molecule has 0 aromatic heterocycles. The number of allylic oxidation sites excluding steroid dienone is 2. The minimum Gasteiger partial charge on any atom is -0.303 e. The van der Waals surface area contributed by atoms with E-state index in [1.54, 1.807) is 0 Å². The lowest BCUT2D eigenvalue weighted by Crippen LogP contribution is -2.49. The van der Waals surface area contributed by atoms with Gasteiger partial charge in [0.15, 0.2) is 5.78 Å². The fourth-order valence-electron chi connectivity index (χ4n) is 7.18. The highest BCUT2D eigenvalue weighted by atomic mass is 31.2. The summed E-state index contributed by atoms with van der Waals surface area (Å²) >= 11 is 0. The van der Waals surface area contributed by atoms with Crippen LogP contribution in [0.2, 0.25) is 0 Å². The van der Waals surface area contributed by atoms with Gasteiger partial charge in [-0.2, -0.15) is 0 Å². The zero-order valence-electron chi connectivity index (χ0n) is 16.5. The molecule has 0 amide bonds. The standard InChI is InChI=1S/C21H31O5P/c1-4-16-19(26-27(23,24)25)12-18-15-6-5-13-11-14(22)7-9-20(13,2)17(15)8-10-21(16,18)3/h4,11,15,17-19H,5-10,12H2,1-3H3,(H2,23,24,25)/b16-4+/t15?,17?,18?,19?,20-,21+/m0/s1. The first-order valence-corrected chi connectivity index (χ1v) is 11.8. The van der Waals surface area contributed by atoms with Gasteiger partial charge in [0.1, 0.15) is 0 Å². The van der Waals surface area contributed by atoms with Gasteiger partial charge in [-0.25, -0.2) is 4.57 Å². The van der Waals surface area contributed by atoms with Crippen molar-refractivity contribution in [3.8, 4) is 0 Å². The highest BCUT2D eigenvalue weighted by Gasteiger charge is 2.60. The summed E-state index contributed by atoms with van der Waals surface area (Å²) in [5, 5.41) is 0. The van der Waals surface area contributed by atoms with Crippen molar-refractivity contribution in [3.05, 3.63) is 23.3 Å². The number of carbonyl (C=O) groups excluding carboxylic acids is 1. The van der Waals surface area contributed by atoms with Gasteiger partial charge in [-0.05, 0) is 85.7 Å². The maximum absolute atomic E-state index is 11.9. The van der Waals surface area contributed by atoms with Gasteiger partial charge in [0, 0.05) is 6.42 Å². The van der Waals surface area contributed by atoms with Crippen molar-refractivity contribution in [1.82, 2.24) is 0 Å². The Morgan fingerprint density at radius 1 is 1.15 bits per heavy atom. The van der Waals surface area contributed by atoms with Gasteiger partial charge >= 0.3 is 7.82 Å². The predicted molar refractivity (Wildman–Crippen MR) is 103 cm³/mol. The summed E-state index contributed by atoms with van der Waals surface area (Å²) in [6.07, 6.45) is 9.92. The molecule has 3 fully saturated rings. The van der Waals surface area contributed by atoms with Crippen LogP contribution in [0.1, 0.15) is 65.7 Å². The SMILES string of the molecule is C/C=C1\C(OP(=O)(O)O)CC2C3CCC4=CC(=O)CC[C@]4(C)C3CC[C@]12C. The number of hydrogen-bond acceptors (Lipinski definition) is 3. The monoisotopic (exact) mass is 394 g/mol. The smallest absolute Gasteiger partial charge is 0.303 e. The Morgan fingerprint density at radius 2 is 1.89 bits per heavy atom. The van der Waals surface area contributed by atoms with E-state index in [4.69, 9.17) is 4.52 Å². The highest BCUT2D eigenvalue weighted by molar-refractivity contribution is 7.46. The van der Waals surface area contributed by atoms with E-state index in [9.17, 15) is 19.1 Å². The largest absolute Gasteiger partial charge is 0.470 e. The molecule has 6 atom stereocenters. The van der Waals surface area contributed by atoms with Crippen LogP contribution >= 0.6 is 7.82 Å². The lowest BCUT2D eigenvalue weighted by molar-refractivity contribution is -0.117. The summed E-state index contributed by atoms with van der Waals surface area (Å²) in [6, 6.07) is 0. The van der Waals surface area contributed by atoms with E-state index >= 15 is 0 Å². The molecular weight excluding hydrogens is 363 g/mol. The van der Waals surface area contributed by atoms with Crippen molar-refractivity contribution in [3.63, 3.8) is 0 Å². The van der Waals surface area contributed by atoms with Crippen LogP contribution in [-0.2, 0) is 13.9 Å². The van der Waals surface area contributed by atoms with Crippen LogP contribution in [0.15, 0.2) is 23.3 Å². The molecular formula is C21H31O5P. The fourth-order valence-corrected chi connectivity index (χ4v) is 7.71. The van der Waals surface area contributed by atoms with Crippen molar-refractivity contribution >= 4 is 13.6 Å². The summed E-state index contributed by atoms with van der Waals surface area (Å²) in [5.74, 6) is 1.73. The lowest BCUT2D eigenvalue weighted by atomic mass is 9.47. The van der Waals surface area contributed by atoms with Crippen molar-refractivity contribution in [1.29, 1.82) is 0 Å². The van der Waals surface area contributed by atoms with Crippen LogP contribution in [0.4, 0.5) is 0 Å². The lowest BCUT2D eigenvalue weighted by Gasteiger charge is -2.57. The Kier molecular flexibility index (Phi) is 4.63. The summed E-state index contributed by atoms with van der Waals surface area (Å²) in [7, 11) is -4.52. The molecule has 6 heteroatoms. The summed E-state index contributed by atoms with van der Waals surface area (Å²) in [6.45, 7) is 6.57. The molecule has 0 heterocycles. The van der Waals surface area contributed by atoms with E-state index in [1.807, 2.05) is 19.1 Å². The van der Waals surface area contributed by atoms with Crippen molar-refractivity contribution in [2.24, 2.45) is 28.6 Å². The molecule has 0 aromatic carbocycles. The van der Waals surface area contributed by atoms with Crippen molar-refractivity contribution < 1.29 is 23.7 Å². The molecule has 0 radical (unpaired) electrons. The van der Waals surface area contributed by atoms with E-state index in [-0.39, 0.29) is 16.6 Å². The van der Waals surface area contributed by atoms with E-state index in [1.165, 1.54) is 5.57 Å². The Bertz CT molecular complexity index is 765. The van der Waals surface area contributed by atoms with Crippen LogP contribution in [0.3, 0.4) is 0 Å². The average molecular weight is 394 g/mol. The third-order valence-electron chi connectivity index (χ3n) is 8.40. The summed E-state index contributed by atoms with van der Waals surface area (Å²) in [5.41, 5.74) is 2.48. The van der Waals surface area contributed by atoms with Crippen molar-refractivity contribution in [2.75, 3.05) is 0 Å². The molecule has 4 aliphatic rings. The molecule has 0 aromatic rings. The van der Waals surface area contributed by atoms with Gasteiger partial charge in [-0.15, -0.1) is 0 Å². The van der Waals surface area contributed by atoms with Crippen LogP contribution < -0.4 is 0 Å². The van der Waals surface area contributed by atoms with Crippen LogP contribution in [0, 0.1) is 28.6 Å². The zero-order valence-corrected chi connectivity index (χ0v) is 17.4. The van der Waals surface area contributed by atoms with E-state index in [0.717, 1.165) is 37.7 Å². The van der Waals surface area contributed by atoms with E-state index in [2.05, 4.69) is 13.8 Å². The minimum atomic E-state index is -4.52. The molecule has 4 unspecified atom stereocenters. The highest BCUT2D eigenvalue weighted by Crippen LogP contribution is 2.67. The summed E-state index contributed by atoms with van der Waals surface area (Å²) < 4.78 is 16.7. The Hall–Kier alpha value is -0.740. The first-order chi connectivity index (χ1) is 12.6. The van der Waals surface area contributed by atoms with E-state index in [0.29, 0.717) is 30.6 Å². The van der Waals surface area contributed by atoms with Crippen LogP contribution in [-0.4, -0.2) is 21.7 Å². The van der Waals surface area contributed by atoms with Gasteiger partial charge in [0.05, 0.1) is 6.10 Å².